The molecule has 1 heterocycles. The third-order valence-electron chi connectivity index (χ3n) is 3.89. The first kappa shape index (κ1) is 17.1. The van der Waals surface area contributed by atoms with Gasteiger partial charge in [-0.05, 0) is 44.5 Å². The Labute approximate surface area is 144 Å². The van der Waals surface area contributed by atoms with Crippen molar-refractivity contribution in [1.29, 1.82) is 0 Å². The summed E-state index contributed by atoms with van der Waals surface area (Å²) in [7, 11) is 0. The zero-order valence-electron chi connectivity index (χ0n) is 14.1. The molecule has 3 rings (SSSR count). The monoisotopic (exact) mass is 343 g/mol. The summed E-state index contributed by atoms with van der Waals surface area (Å²) in [5.41, 5.74) is -2.21. The number of hydrogen-bond acceptors (Lipinski definition) is 4. The highest BCUT2D eigenvalue weighted by Crippen LogP contribution is 2.44. The zero-order chi connectivity index (χ0) is 18.4. The predicted molar refractivity (Wildman–Crippen MR) is 89.6 cm³/mol. The van der Waals surface area contributed by atoms with Gasteiger partial charge in [-0.25, -0.2) is 14.1 Å². The lowest BCUT2D eigenvalue weighted by molar-refractivity contribution is -0.131. The summed E-state index contributed by atoms with van der Waals surface area (Å²) in [4.78, 5) is 26.3. The Morgan fingerprint density at radius 2 is 1.72 bits per heavy atom. The average molecular weight is 343 g/mol. The van der Waals surface area contributed by atoms with Crippen LogP contribution in [-0.2, 0) is 15.1 Å². The maximum absolute atomic E-state index is 13.2. The van der Waals surface area contributed by atoms with Crippen molar-refractivity contribution in [2.75, 3.05) is 4.90 Å². The standard InChI is InChI=1S/C19H18FNO4/c1-18(2,3)25-17(23)21-15-7-5-4-6-14(15)19(24,16(21)22)12-8-10-13(20)11-9-12/h4-11,24H,1-3H3/t19-/m1/s1. The largest absolute Gasteiger partial charge is 0.443 e. The minimum atomic E-state index is -2.08. The molecule has 0 aromatic heterocycles. The normalized spacial score (nSPS) is 19.7. The Morgan fingerprint density at radius 3 is 2.32 bits per heavy atom. The lowest BCUT2D eigenvalue weighted by Gasteiger charge is -2.25. The molecule has 0 unspecified atom stereocenters. The summed E-state index contributed by atoms with van der Waals surface area (Å²) in [5, 5.41) is 11.2. The van der Waals surface area contributed by atoms with E-state index in [9.17, 15) is 19.1 Å². The zero-order valence-corrected chi connectivity index (χ0v) is 14.1. The minimum absolute atomic E-state index is 0.178. The Balaban J connectivity index is 2.12. The van der Waals surface area contributed by atoms with E-state index in [0.717, 1.165) is 17.0 Å². The number of halogens is 1. The highest BCUT2D eigenvalue weighted by molar-refractivity contribution is 6.21. The van der Waals surface area contributed by atoms with Gasteiger partial charge in [0.2, 0.25) is 0 Å². The SMILES string of the molecule is CC(C)(C)OC(=O)N1C(=O)[C@@](O)(c2ccc(F)cc2)c2ccccc21. The van der Waals surface area contributed by atoms with Crippen LogP contribution in [0.3, 0.4) is 0 Å². The molecule has 1 atom stereocenters. The van der Waals surface area contributed by atoms with E-state index in [1.54, 1.807) is 45.0 Å². The molecule has 2 aromatic rings. The summed E-state index contributed by atoms with van der Waals surface area (Å²) < 4.78 is 18.5. The van der Waals surface area contributed by atoms with Crippen molar-refractivity contribution >= 4 is 17.7 Å². The number of rotatable bonds is 1. The third-order valence-corrected chi connectivity index (χ3v) is 3.89. The van der Waals surface area contributed by atoms with Crippen molar-refractivity contribution < 1.29 is 23.8 Å². The molecule has 0 saturated heterocycles. The van der Waals surface area contributed by atoms with Gasteiger partial charge in [0, 0.05) is 5.56 Å². The van der Waals surface area contributed by atoms with Crippen molar-refractivity contribution in [1.82, 2.24) is 0 Å². The number of benzene rings is 2. The molecule has 1 aliphatic rings. The summed E-state index contributed by atoms with van der Waals surface area (Å²) in [6, 6.07) is 11.4. The number of aliphatic hydroxyl groups is 1. The molecule has 5 nitrogen and oxygen atoms in total. The van der Waals surface area contributed by atoms with Crippen LogP contribution in [0.1, 0.15) is 31.9 Å². The second-order valence-electron chi connectivity index (χ2n) is 6.86. The number of fused-ring (bicyclic) bond motifs is 1. The molecule has 130 valence electrons. The van der Waals surface area contributed by atoms with Crippen LogP contribution in [0.4, 0.5) is 14.9 Å². The first-order valence-corrected chi connectivity index (χ1v) is 7.80. The van der Waals surface area contributed by atoms with Gasteiger partial charge in [-0.15, -0.1) is 0 Å². The van der Waals surface area contributed by atoms with Gasteiger partial charge in [0.05, 0.1) is 5.69 Å². The highest BCUT2D eigenvalue weighted by atomic mass is 19.1. The van der Waals surface area contributed by atoms with Crippen LogP contribution in [0.15, 0.2) is 48.5 Å². The maximum Gasteiger partial charge on any atom is 0.421 e. The van der Waals surface area contributed by atoms with Crippen LogP contribution < -0.4 is 4.90 Å². The molecule has 1 aliphatic heterocycles. The van der Waals surface area contributed by atoms with Crippen LogP contribution in [0.25, 0.3) is 0 Å². The van der Waals surface area contributed by atoms with Gasteiger partial charge >= 0.3 is 6.09 Å². The highest BCUT2D eigenvalue weighted by Gasteiger charge is 2.54. The average Bonchev–Trinajstić information content (AvgIpc) is 2.76. The van der Waals surface area contributed by atoms with E-state index < -0.39 is 29.0 Å². The predicted octanol–water partition coefficient (Wildman–Crippen LogP) is 3.34. The van der Waals surface area contributed by atoms with Crippen LogP contribution >= 0.6 is 0 Å². The minimum Gasteiger partial charge on any atom is -0.443 e. The first-order chi connectivity index (χ1) is 11.6. The van der Waals surface area contributed by atoms with Crippen molar-refractivity contribution in [2.24, 2.45) is 0 Å². The molecule has 0 fully saturated rings. The second kappa shape index (κ2) is 5.67. The van der Waals surface area contributed by atoms with Gasteiger partial charge in [0.1, 0.15) is 11.4 Å². The molecule has 0 radical (unpaired) electrons. The molecule has 0 saturated carbocycles. The number of para-hydroxylation sites is 1. The number of carbonyl (C=O) groups excluding carboxylic acids is 2. The van der Waals surface area contributed by atoms with Crippen LogP contribution in [-0.4, -0.2) is 22.7 Å². The van der Waals surface area contributed by atoms with E-state index in [0.29, 0.717) is 0 Å². The molecule has 0 spiro atoms. The molecule has 6 heteroatoms. The second-order valence-corrected chi connectivity index (χ2v) is 6.86. The number of anilines is 1. The van der Waals surface area contributed by atoms with E-state index in [4.69, 9.17) is 4.74 Å². The lowest BCUT2D eigenvalue weighted by atomic mass is 9.87. The number of carbonyl (C=O) groups is 2. The number of hydrogen-bond donors (Lipinski definition) is 1. The van der Waals surface area contributed by atoms with E-state index in [1.165, 1.54) is 12.1 Å². The molecular formula is C19H18FNO4. The fourth-order valence-electron chi connectivity index (χ4n) is 2.82. The maximum atomic E-state index is 13.2. The fraction of sp³-hybridized carbons (Fsp3) is 0.263. The Morgan fingerprint density at radius 1 is 1.12 bits per heavy atom. The van der Waals surface area contributed by atoms with Gasteiger partial charge in [0.15, 0.2) is 5.60 Å². The molecular weight excluding hydrogens is 325 g/mol. The summed E-state index contributed by atoms with van der Waals surface area (Å²) >= 11 is 0. The molecule has 2 amide bonds. The number of imide groups is 1. The van der Waals surface area contributed by atoms with Gasteiger partial charge in [-0.3, -0.25) is 4.79 Å². The first-order valence-electron chi connectivity index (χ1n) is 7.80. The van der Waals surface area contributed by atoms with Crippen molar-refractivity contribution in [2.45, 2.75) is 32.0 Å². The van der Waals surface area contributed by atoms with Crippen LogP contribution in [0.2, 0.25) is 0 Å². The third kappa shape index (κ3) is 2.78. The van der Waals surface area contributed by atoms with Crippen molar-refractivity contribution in [3.05, 3.63) is 65.5 Å². The topological polar surface area (TPSA) is 66.8 Å². The number of nitrogens with zero attached hydrogens (tertiary/aromatic N) is 1. The Kier molecular flexibility index (Phi) is 3.88. The number of amides is 2. The Bertz CT molecular complexity index is 841. The molecule has 0 aliphatic carbocycles. The Hall–Kier alpha value is -2.73. The van der Waals surface area contributed by atoms with Gasteiger partial charge in [-0.1, -0.05) is 30.3 Å². The van der Waals surface area contributed by atoms with Crippen LogP contribution in [0, 0.1) is 5.82 Å². The molecule has 0 bridgehead atoms. The summed E-state index contributed by atoms with van der Waals surface area (Å²) in [6.45, 7) is 5.05. The van der Waals surface area contributed by atoms with Gasteiger partial charge in [-0.2, -0.15) is 0 Å². The van der Waals surface area contributed by atoms with E-state index in [2.05, 4.69) is 0 Å². The van der Waals surface area contributed by atoms with Crippen LogP contribution in [0.5, 0.6) is 0 Å². The van der Waals surface area contributed by atoms with E-state index in [-0.39, 0.29) is 16.8 Å². The van der Waals surface area contributed by atoms with Crippen molar-refractivity contribution in [3.63, 3.8) is 0 Å². The smallest absolute Gasteiger partial charge is 0.421 e. The summed E-state index contributed by atoms with van der Waals surface area (Å²) in [6.07, 6.45) is -0.872. The van der Waals surface area contributed by atoms with Gasteiger partial charge < -0.3 is 9.84 Å². The lowest BCUT2D eigenvalue weighted by Crippen LogP contribution is -2.45. The van der Waals surface area contributed by atoms with E-state index >= 15 is 0 Å². The molecule has 2 aromatic carbocycles. The van der Waals surface area contributed by atoms with E-state index in [1.807, 2.05) is 0 Å². The molecule has 1 N–H and O–H groups in total. The van der Waals surface area contributed by atoms with Gasteiger partial charge in [0.25, 0.3) is 5.91 Å². The number of ether oxygens (including phenoxy) is 1. The quantitative estimate of drug-likeness (QED) is 0.862. The van der Waals surface area contributed by atoms with Crippen molar-refractivity contribution in [3.8, 4) is 0 Å². The fourth-order valence-corrected chi connectivity index (χ4v) is 2.82. The molecule has 25 heavy (non-hydrogen) atoms. The summed E-state index contributed by atoms with van der Waals surface area (Å²) in [5.74, 6) is -1.34.